The van der Waals surface area contributed by atoms with Crippen LogP contribution >= 0.6 is 0 Å². The highest BCUT2D eigenvalue weighted by molar-refractivity contribution is 6.09. The molecule has 0 saturated heterocycles. The number of aromatic nitrogens is 6. The van der Waals surface area contributed by atoms with Gasteiger partial charge in [0.05, 0.1) is 11.0 Å². The standard InChI is InChI=1S/C49H32N6O4/c1-3-9-33(10-4-1)35-21-23-51-47(25-35)58-39-15-7-13-37(27-39)56-41-17-19-43-44-20-18-42(30-46(44)55(45(43)29-41)49-53-31-50-32-54-49)57-38-14-8-16-40(28-38)59-48-26-36(22-24-52-48)34-11-5-2-6-12-34/h1-32H. The van der Waals surface area contributed by atoms with Crippen molar-refractivity contribution in [1.29, 1.82) is 0 Å². The summed E-state index contributed by atoms with van der Waals surface area (Å²) in [6.45, 7) is 0. The second-order valence-electron chi connectivity index (χ2n) is 13.5. The van der Waals surface area contributed by atoms with Gasteiger partial charge >= 0.3 is 0 Å². The van der Waals surface area contributed by atoms with Crippen LogP contribution in [0.5, 0.6) is 46.3 Å². The van der Waals surface area contributed by atoms with Crippen molar-refractivity contribution in [3.63, 3.8) is 0 Å². The Hall–Kier alpha value is -8.37. The fourth-order valence-electron chi connectivity index (χ4n) is 6.94. The number of ether oxygens (including phenoxy) is 4. The molecule has 0 N–H and O–H groups in total. The van der Waals surface area contributed by atoms with Crippen LogP contribution in [-0.2, 0) is 0 Å². The van der Waals surface area contributed by atoms with Crippen molar-refractivity contribution in [2.45, 2.75) is 0 Å². The van der Waals surface area contributed by atoms with Crippen LogP contribution in [0, 0.1) is 0 Å². The van der Waals surface area contributed by atoms with Crippen LogP contribution in [0.3, 0.4) is 0 Å². The molecule has 282 valence electrons. The molecule has 0 bridgehead atoms. The Labute approximate surface area is 338 Å². The van der Waals surface area contributed by atoms with Crippen molar-refractivity contribution < 1.29 is 18.9 Å². The number of hydrogen-bond acceptors (Lipinski definition) is 9. The highest BCUT2D eigenvalue weighted by Gasteiger charge is 2.17. The van der Waals surface area contributed by atoms with Crippen molar-refractivity contribution >= 4 is 21.8 Å². The quantitative estimate of drug-likeness (QED) is 0.127. The topological polar surface area (TPSA) is 106 Å². The third-order valence-electron chi connectivity index (χ3n) is 9.60. The van der Waals surface area contributed by atoms with E-state index in [-0.39, 0.29) is 0 Å². The monoisotopic (exact) mass is 768 g/mol. The molecule has 0 fully saturated rings. The summed E-state index contributed by atoms with van der Waals surface area (Å²) in [6.07, 6.45) is 6.44. The molecule has 10 heteroatoms. The first-order chi connectivity index (χ1) is 29.2. The maximum atomic E-state index is 6.42. The van der Waals surface area contributed by atoms with Gasteiger partial charge < -0.3 is 18.9 Å². The smallest absolute Gasteiger partial charge is 0.237 e. The predicted molar refractivity (Wildman–Crippen MR) is 227 cm³/mol. The Kier molecular flexibility index (Phi) is 9.30. The maximum absolute atomic E-state index is 6.42. The van der Waals surface area contributed by atoms with Crippen LogP contribution in [0.25, 0.3) is 50.0 Å². The molecule has 10 aromatic rings. The summed E-state index contributed by atoms with van der Waals surface area (Å²) < 4.78 is 27.2. The molecule has 0 aliphatic heterocycles. The first kappa shape index (κ1) is 35.1. The van der Waals surface area contributed by atoms with E-state index in [0.717, 1.165) is 44.1 Å². The van der Waals surface area contributed by atoms with Crippen molar-refractivity contribution in [3.05, 3.63) is 195 Å². The lowest BCUT2D eigenvalue weighted by molar-refractivity contribution is 0.449. The SMILES string of the molecule is c1ccc(-c2ccnc(Oc3cccc(Oc4ccc5c6ccc(Oc7cccc(Oc8cc(-c9ccccc9)ccn8)c7)cc6n(-c6ncncn6)c5c4)c3)c2)cc1. The van der Waals surface area contributed by atoms with E-state index in [4.69, 9.17) is 18.9 Å². The Morgan fingerprint density at radius 3 is 1.25 bits per heavy atom. The van der Waals surface area contributed by atoms with E-state index >= 15 is 0 Å². The number of hydrogen-bond donors (Lipinski definition) is 0. The lowest BCUT2D eigenvalue weighted by atomic mass is 10.1. The van der Waals surface area contributed by atoms with Crippen LogP contribution in [0.2, 0.25) is 0 Å². The first-order valence-electron chi connectivity index (χ1n) is 18.8. The maximum Gasteiger partial charge on any atom is 0.237 e. The van der Waals surface area contributed by atoms with Crippen LogP contribution in [0.15, 0.2) is 195 Å². The molecular weight excluding hydrogens is 737 g/mol. The average molecular weight is 769 g/mol. The number of pyridine rings is 2. The molecule has 0 unspecified atom stereocenters. The largest absolute Gasteiger partial charge is 0.457 e. The van der Waals surface area contributed by atoms with Gasteiger partial charge in [0, 0.05) is 59.6 Å². The van der Waals surface area contributed by atoms with Gasteiger partial charge in [-0.2, -0.15) is 0 Å². The Morgan fingerprint density at radius 1 is 0.339 bits per heavy atom. The summed E-state index contributed by atoms with van der Waals surface area (Å²) in [5.41, 5.74) is 5.89. The van der Waals surface area contributed by atoms with Crippen molar-refractivity contribution in [2.24, 2.45) is 0 Å². The van der Waals surface area contributed by atoms with Gasteiger partial charge in [-0.05, 0) is 82.9 Å². The summed E-state index contributed by atoms with van der Waals surface area (Å²) in [5.74, 6) is 5.06. The fraction of sp³-hybridized carbons (Fsp3) is 0. The first-order valence-corrected chi connectivity index (χ1v) is 18.8. The van der Waals surface area contributed by atoms with Crippen LogP contribution in [-0.4, -0.2) is 29.5 Å². The molecule has 0 aliphatic rings. The zero-order chi connectivity index (χ0) is 39.4. The minimum absolute atomic E-state index is 0.454. The van der Waals surface area contributed by atoms with Crippen LogP contribution < -0.4 is 18.9 Å². The molecule has 0 saturated carbocycles. The molecule has 4 heterocycles. The number of fused-ring (bicyclic) bond motifs is 3. The van der Waals surface area contributed by atoms with Crippen molar-refractivity contribution in [1.82, 2.24) is 29.5 Å². The number of nitrogens with zero attached hydrogens (tertiary/aromatic N) is 6. The fourth-order valence-corrected chi connectivity index (χ4v) is 6.94. The normalized spacial score (nSPS) is 11.1. The highest BCUT2D eigenvalue weighted by Crippen LogP contribution is 2.38. The molecule has 0 spiro atoms. The van der Waals surface area contributed by atoms with Crippen molar-refractivity contribution in [2.75, 3.05) is 0 Å². The second kappa shape index (κ2) is 15.6. The van der Waals surface area contributed by atoms with E-state index in [1.165, 1.54) is 12.7 Å². The summed E-state index contributed by atoms with van der Waals surface area (Å²) in [7, 11) is 0. The lowest BCUT2D eigenvalue weighted by Gasteiger charge is -2.11. The molecule has 0 aliphatic carbocycles. The van der Waals surface area contributed by atoms with Gasteiger partial charge in [-0.3, -0.25) is 4.57 Å². The van der Waals surface area contributed by atoms with Gasteiger partial charge in [0.1, 0.15) is 47.2 Å². The zero-order valence-electron chi connectivity index (χ0n) is 31.3. The molecule has 4 aromatic heterocycles. The van der Waals surface area contributed by atoms with Gasteiger partial charge in [-0.1, -0.05) is 72.8 Å². The van der Waals surface area contributed by atoms with E-state index in [2.05, 4.69) is 49.2 Å². The summed E-state index contributed by atoms with van der Waals surface area (Å²) in [4.78, 5) is 22.0. The molecule has 10 rings (SSSR count). The summed E-state index contributed by atoms with van der Waals surface area (Å²) in [5, 5.41) is 1.97. The molecule has 59 heavy (non-hydrogen) atoms. The Bertz CT molecular complexity index is 2880. The Balaban J connectivity index is 0.923. The Morgan fingerprint density at radius 2 is 0.780 bits per heavy atom. The molecule has 0 radical (unpaired) electrons. The molecule has 6 aromatic carbocycles. The molecule has 10 nitrogen and oxygen atoms in total. The van der Waals surface area contributed by atoms with E-state index in [1.54, 1.807) is 12.4 Å². The molecule has 0 amide bonds. The van der Waals surface area contributed by atoms with Gasteiger partial charge in [0.2, 0.25) is 17.7 Å². The minimum Gasteiger partial charge on any atom is -0.457 e. The third-order valence-corrected chi connectivity index (χ3v) is 9.60. The van der Waals surface area contributed by atoms with Crippen LogP contribution in [0.1, 0.15) is 0 Å². The van der Waals surface area contributed by atoms with E-state index in [0.29, 0.717) is 52.2 Å². The van der Waals surface area contributed by atoms with Crippen LogP contribution in [0.4, 0.5) is 0 Å². The molecule has 0 atom stereocenters. The minimum atomic E-state index is 0.454. The van der Waals surface area contributed by atoms with Crippen molar-refractivity contribution in [3.8, 4) is 74.5 Å². The van der Waals surface area contributed by atoms with E-state index in [1.807, 2.05) is 150 Å². The number of rotatable bonds is 11. The number of benzene rings is 6. The summed E-state index contributed by atoms with van der Waals surface area (Å²) >= 11 is 0. The van der Waals surface area contributed by atoms with Gasteiger partial charge in [-0.15, -0.1) is 0 Å². The molecular formula is C49H32N6O4. The summed E-state index contributed by atoms with van der Waals surface area (Å²) in [6, 6.07) is 54.9. The highest BCUT2D eigenvalue weighted by atomic mass is 16.5. The second-order valence-corrected chi connectivity index (χ2v) is 13.5. The predicted octanol–water partition coefficient (Wildman–Crippen LogP) is 12.3. The zero-order valence-corrected chi connectivity index (χ0v) is 31.3. The van der Waals surface area contributed by atoms with Gasteiger partial charge in [0.15, 0.2) is 0 Å². The average Bonchev–Trinajstić information content (AvgIpc) is 3.60. The van der Waals surface area contributed by atoms with Gasteiger partial charge in [0.25, 0.3) is 0 Å². The van der Waals surface area contributed by atoms with Gasteiger partial charge in [-0.25, -0.2) is 24.9 Å². The van der Waals surface area contributed by atoms with E-state index < -0.39 is 0 Å². The lowest BCUT2D eigenvalue weighted by Crippen LogP contribution is -2.01. The third kappa shape index (κ3) is 7.61. The van der Waals surface area contributed by atoms with E-state index in [9.17, 15) is 0 Å².